The van der Waals surface area contributed by atoms with Crippen LogP contribution in [-0.2, 0) is 7.05 Å². The first-order valence-corrected chi connectivity index (χ1v) is 5.75. The highest BCUT2D eigenvalue weighted by Gasteiger charge is 2.15. The molecule has 1 heterocycles. The molecule has 0 saturated heterocycles. The highest BCUT2D eigenvalue weighted by Crippen LogP contribution is 2.30. The van der Waals surface area contributed by atoms with Crippen molar-refractivity contribution in [2.75, 3.05) is 0 Å². The minimum Gasteiger partial charge on any atom is -0.346 e. The number of nitrogens with two attached hydrogens (primary N) is 1. The van der Waals surface area contributed by atoms with Gasteiger partial charge in [0.25, 0.3) is 0 Å². The van der Waals surface area contributed by atoms with E-state index in [0.29, 0.717) is 0 Å². The number of hydrogen-bond acceptors (Lipinski definition) is 1. The van der Waals surface area contributed by atoms with Gasteiger partial charge in [-0.15, -0.1) is 0 Å². The van der Waals surface area contributed by atoms with Crippen molar-refractivity contribution in [1.29, 1.82) is 0 Å². The van der Waals surface area contributed by atoms with Crippen molar-refractivity contribution >= 4 is 10.9 Å². The van der Waals surface area contributed by atoms with Gasteiger partial charge < -0.3 is 10.3 Å². The predicted molar refractivity (Wildman–Crippen MR) is 69.7 cm³/mol. The Balaban J connectivity index is 2.93. The quantitative estimate of drug-likeness (QED) is 0.780. The molecule has 0 fully saturated rings. The van der Waals surface area contributed by atoms with Crippen LogP contribution in [0.2, 0.25) is 0 Å². The van der Waals surface area contributed by atoms with E-state index in [9.17, 15) is 0 Å². The molecule has 1 atom stereocenters. The number of nitrogens with zero attached hydrogens (tertiary/aromatic N) is 1. The molecular weight excluding hydrogens is 196 g/mol. The largest absolute Gasteiger partial charge is 0.346 e. The Morgan fingerprint density at radius 2 is 1.81 bits per heavy atom. The third kappa shape index (κ3) is 1.45. The number of aromatic nitrogens is 1. The molecule has 1 aromatic carbocycles. The van der Waals surface area contributed by atoms with Crippen molar-refractivity contribution in [2.45, 2.75) is 33.7 Å². The maximum Gasteiger partial charge on any atom is 0.0513 e. The van der Waals surface area contributed by atoms with Gasteiger partial charge in [0.05, 0.1) is 5.52 Å². The summed E-state index contributed by atoms with van der Waals surface area (Å²) >= 11 is 0. The molecule has 2 nitrogen and oxygen atoms in total. The third-order valence-corrected chi connectivity index (χ3v) is 3.36. The fraction of sp³-hybridized carbons (Fsp3) is 0.429. The molecule has 16 heavy (non-hydrogen) atoms. The van der Waals surface area contributed by atoms with Gasteiger partial charge in [0.15, 0.2) is 0 Å². The second kappa shape index (κ2) is 3.63. The Bertz CT molecular complexity index is 548. The molecule has 1 aromatic heterocycles. The third-order valence-electron chi connectivity index (χ3n) is 3.36. The summed E-state index contributed by atoms with van der Waals surface area (Å²) in [5.74, 6) is 0. The topological polar surface area (TPSA) is 30.9 Å². The van der Waals surface area contributed by atoms with Crippen LogP contribution in [0.1, 0.15) is 35.3 Å². The number of hydrogen-bond donors (Lipinski definition) is 1. The highest BCUT2D eigenvalue weighted by molar-refractivity contribution is 5.88. The fourth-order valence-corrected chi connectivity index (χ4v) is 2.85. The fourth-order valence-electron chi connectivity index (χ4n) is 2.85. The summed E-state index contributed by atoms with van der Waals surface area (Å²) in [6.45, 7) is 8.52. The van der Waals surface area contributed by atoms with Gasteiger partial charge in [-0.05, 0) is 44.9 Å². The predicted octanol–water partition coefficient (Wildman–Crippen LogP) is 3.12. The minimum atomic E-state index is 0.0807. The molecule has 0 amide bonds. The van der Waals surface area contributed by atoms with Crippen molar-refractivity contribution in [2.24, 2.45) is 12.8 Å². The molecule has 0 aliphatic rings. The number of aryl methyl sites for hydroxylation is 4. The van der Waals surface area contributed by atoms with Crippen LogP contribution in [0, 0.1) is 20.8 Å². The molecule has 2 aromatic rings. The van der Waals surface area contributed by atoms with Gasteiger partial charge in [-0.1, -0.05) is 11.6 Å². The van der Waals surface area contributed by atoms with Crippen LogP contribution >= 0.6 is 0 Å². The van der Waals surface area contributed by atoms with Crippen LogP contribution in [0.5, 0.6) is 0 Å². The SMILES string of the molecule is Cc1cc(C)c2c(c1)c(C)c(C(C)N)n2C. The average Bonchev–Trinajstić information content (AvgIpc) is 2.38. The van der Waals surface area contributed by atoms with Gasteiger partial charge in [0, 0.05) is 24.2 Å². The summed E-state index contributed by atoms with van der Waals surface area (Å²) in [5.41, 5.74) is 12.6. The van der Waals surface area contributed by atoms with Crippen LogP contribution in [0.3, 0.4) is 0 Å². The molecule has 2 rings (SSSR count). The number of fused-ring (bicyclic) bond motifs is 1. The summed E-state index contributed by atoms with van der Waals surface area (Å²) in [7, 11) is 2.11. The molecule has 2 heteroatoms. The Morgan fingerprint density at radius 3 is 2.38 bits per heavy atom. The summed E-state index contributed by atoms with van der Waals surface area (Å²) in [6.07, 6.45) is 0. The van der Waals surface area contributed by atoms with E-state index in [-0.39, 0.29) is 6.04 Å². The molecule has 2 N–H and O–H groups in total. The van der Waals surface area contributed by atoms with Gasteiger partial charge in [0.2, 0.25) is 0 Å². The first kappa shape index (κ1) is 11.2. The molecule has 1 unspecified atom stereocenters. The molecule has 86 valence electrons. The highest BCUT2D eigenvalue weighted by atomic mass is 15.0. The maximum atomic E-state index is 6.05. The molecule has 0 bridgehead atoms. The van der Waals surface area contributed by atoms with Crippen molar-refractivity contribution in [3.05, 3.63) is 34.5 Å². The smallest absolute Gasteiger partial charge is 0.0513 e. The van der Waals surface area contributed by atoms with Crippen LogP contribution in [0.25, 0.3) is 10.9 Å². The van der Waals surface area contributed by atoms with Gasteiger partial charge in [-0.25, -0.2) is 0 Å². The first-order valence-electron chi connectivity index (χ1n) is 5.75. The zero-order valence-corrected chi connectivity index (χ0v) is 10.8. The van der Waals surface area contributed by atoms with Gasteiger partial charge in [-0.3, -0.25) is 0 Å². The lowest BCUT2D eigenvalue weighted by Crippen LogP contribution is -2.11. The molecule has 0 radical (unpaired) electrons. The average molecular weight is 216 g/mol. The molecule has 0 saturated carbocycles. The molecular formula is C14H20N2. The zero-order valence-electron chi connectivity index (χ0n) is 10.8. The first-order chi connectivity index (χ1) is 7.43. The second-order valence-corrected chi connectivity index (χ2v) is 4.84. The van der Waals surface area contributed by atoms with Crippen molar-refractivity contribution in [3.8, 4) is 0 Å². The van der Waals surface area contributed by atoms with E-state index in [1.54, 1.807) is 0 Å². The maximum absolute atomic E-state index is 6.05. The Kier molecular flexibility index (Phi) is 2.55. The lowest BCUT2D eigenvalue weighted by molar-refractivity contribution is 0.719. The van der Waals surface area contributed by atoms with E-state index in [2.05, 4.69) is 44.5 Å². The summed E-state index contributed by atoms with van der Waals surface area (Å²) in [5, 5.41) is 1.34. The van der Waals surface area contributed by atoms with Crippen molar-refractivity contribution < 1.29 is 0 Å². The van der Waals surface area contributed by atoms with E-state index >= 15 is 0 Å². The monoisotopic (exact) mass is 216 g/mol. The second-order valence-electron chi connectivity index (χ2n) is 4.84. The van der Waals surface area contributed by atoms with E-state index in [1.807, 2.05) is 6.92 Å². The Labute approximate surface area is 97.1 Å². The molecule has 0 spiro atoms. The number of rotatable bonds is 1. The minimum absolute atomic E-state index is 0.0807. The lowest BCUT2D eigenvalue weighted by atomic mass is 10.0. The van der Waals surface area contributed by atoms with Gasteiger partial charge in [-0.2, -0.15) is 0 Å². The molecule has 0 aliphatic heterocycles. The normalized spacial score (nSPS) is 13.4. The Morgan fingerprint density at radius 1 is 1.19 bits per heavy atom. The zero-order chi connectivity index (χ0) is 12.0. The summed E-state index contributed by atoms with van der Waals surface area (Å²) in [4.78, 5) is 0. The van der Waals surface area contributed by atoms with E-state index in [4.69, 9.17) is 5.73 Å². The van der Waals surface area contributed by atoms with Gasteiger partial charge >= 0.3 is 0 Å². The van der Waals surface area contributed by atoms with E-state index in [0.717, 1.165) is 0 Å². The Hall–Kier alpha value is -1.28. The number of benzene rings is 1. The van der Waals surface area contributed by atoms with Crippen LogP contribution < -0.4 is 5.73 Å². The van der Waals surface area contributed by atoms with Crippen LogP contribution in [0.15, 0.2) is 12.1 Å². The summed E-state index contributed by atoms with van der Waals surface area (Å²) < 4.78 is 2.24. The van der Waals surface area contributed by atoms with Crippen LogP contribution in [0.4, 0.5) is 0 Å². The van der Waals surface area contributed by atoms with E-state index in [1.165, 1.54) is 33.3 Å². The van der Waals surface area contributed by atoms with Gasteiger partial charge in [0.1, 0.15) is 0 Å². The molecule has 0 aliphatic carbocycles. The van der Waals surface area contributed by atoms with Crippen molar-refractivity contribution in [1.82, 2.24) is 4.57 Å². The summed E-state index contributed by atoms with van der Waals surface area (Å²) in [6, 6.07) is 4.56. The van der Waals surface area contributed by atoms with E-state index < -0.39 is 0 Å². The lowest BCUT2D eigenvalue weighted by Gasteiger charge is -2.09. The standard InChI is InChI=1S/C14H20N2/c1-8-6-9(2)13-12(7-8)10(3)14(11(4)15)16(13)5/h6-7,11H,15H2,1-5H3. The van der Waals surface area contributed by atoms with Crippen molar-refractivity contribution in [3.63, 3.8) is 0 Å². The van der Waals surface area contributed by atoms with Crippen LogP contribution in [-0.4, -0.2) is 4.57 Å².